The number of pyridine rings is 1. The SMILES string of the molecule is Cc1cc(C)c(C)c(-c2c(-c3nc(CC(C)C)nc(CC(C)C)n3)cc3ccccc3[n+]2C)c1. The number of para-hydroxylation sites is 1. The quantitative estimate of drug-likeness (QED) is 0.313. The maximum atomic E-state index is 5.02. The summed E-state index contributed by atoms with van der Waals surface area (Å²) in [7, 11) is 2.16. The summed E-state index contributed by atoms with van der Waals surface area (Å²) in [4.78, 5) is 14.9. The molecule has 0 fully saturated rings. The molecule has 4 nitrogen and oxygen atoms in total. The molecule has 0 saturated carbocycles. The highest BCUT2D eigenvalue weighted by Crippen LogP contribution is 2.34. The second-order valence-electron chi connectivity index (χ2n) is 10.5. The summed E-state index contributed by atoms with van der Waals surface area (Å²) in [5.74, 6) is 3.51. The van der Waals surface area contributed by atoms with Gasteiger partial charge in [-0.1, -0.05) is 51.5 Å². The zero-order valence-corrected chi connectivity index (χ0v) is 21.9. The molecule has 0 atom stereocenters. The van der Waals surface area contributed by atoms with Crippen LogP contribution in [0.15, 0.2) is 42.5 Å². The van der Waals surface area contributed by atoms with Gasteiger partial charge in [0.05, 0.1) is 11.1 Å². The predicted octanol–water partition coefficient (Wildman–Crippen LogP) is 6.51. The van der Waals surface area contributed by atoms with Gasteiger partial charge in [-0.15, -0.1) is 0 Å². The van der Waals surface area contributed by atoms with E-state index in [0.717, 1.165) is 41.6 Å². The predicted molar refractivity (Wildman–Crippen MR) is 141 cm³/mol. The second kappa shape index (κ2) is 9.61. The van der Waals surface area contributed by atoms with Crippen molar-refractivity contribution < 1.29 is 4.57 Å². The van der Waals surface area contributed by atoms with Crippen molar-refractivity contribution in [2.75, 3.05) is 0 Å². The Morgan fingerprint density at radius 1 is 0.765 bits per heavy atom. The standard InChI is InChI=1S/C30H37N4/c1-18(2)13-27-31-28(14-19(3)4)33-30(32-27)25-17-23-11-9-10-12-26(23)34(8)29(25)24-16-20(5)15-21(6)22(24)7/h9-12,15-19H,13-14H2,1-8H3/q+1. The van der Waals surface area contributed by atoms with Crippen LogP contribution in [-0.4, -0.2) is 15.0 Å². The lowest BCUT2D eigenvalue weighted by Crippen LogP contribution is -2.33. The molecule has 0 aliphatic rings. The van der Waals surface area contributed by atoms with Crippen LogP contribution in [0.4, 0.5) is 0 Å². The largest absolute Gasteiger partial charge is 0.224 e. The first kappa shape index (κ1) is 24.0. The van der Waals surface area contributed by atoms with Crippen molar-refractivity contribution in [3.8, 4) is 22.6 Å². The third kappa shape index (κ3) is 4.86. The zero-order chi connectivity index (χ0) is 24.6. The van der Waals surface area contributed by atoms with E-state index in [4.69, 9.17) is 15.0 Å². The Kier molecular flexibility index (Phi) is 6.79. The topological polar surface area (TPSA) is 42.6 Å². The summed E-state index contributed by atoms with van der Waals surface area (Å²) in [5.41, 5.74) is 8.48. The fraction of sp³-hybridized carbons (Fsp3) is 0.400. The van der Waals surface area contributed by atoms with Crippen LogP contribution in [0.5, 0.6) is 0 Å². The first-order chi connectivity index (χ1) is 16.1. The summed E-state index contributed by atoms with van der Waals surface area (Å²) >= 11 is 0. The van der Waals surface area contributed by atoms with Crippen LogP contribution in [0.1, 0.15) is 56.0 Å². The zero-order valence-electron chi connectivity index (χ0n) is 21.9. The normalized spacial score (nSPS) is 11.7. The Hall–Kier alpha value is -3.14. The van der Waals surface area contributed by atoms with Crippen LogP contribution in [0.25, 0.3) is 33.5 Å². The molecule has 0 spiro atoms. The number of nitrogens with zero attached hydrogens (tertiary/aromatic N) is 4. The van der Waals surface area contributed by atoms with E-state index < -0.39 is 0 Å². The summed E-state index contributed by atoms with van der Waals surface area (Å²) < 4.78 is 2.31. The number of hydrogen-bond donors (Lipinski definition) is 0. The van der Waals surface area contributed by atoms with Crippen molar-refractivity contribution in [2.24, 2.45) is 18.9 Å². The Morgan fingerprint density at radius 2 is 1.38 bits per heavy atom. The lowest BCUT2D eigenvalue weighted by atomic mass is 9.93. The van der Waals surface area contributed by atoms with E-state index >= 15 is 0 Å². The molecule has 0 amide bonds. The highest BCUT2D eigenvalue weighted by molar-refractivity contribution is 5.87. The second-order valence-corrected chi connectivity index (χ2v) is 10.5. The molecule has 4 aromatic rings. The molecular formula is C30H37N4+. The van der Waals surface area contributed by atoms with Crippen LogP contribution < -0.4 is 4.57 Å². The average Bonchev–Trinajstić information content (AvgIpc) is 2.75. The lowest BCUT2D eigenvalue weighted by molar-refractivity contribution is -0.633. The summed E-state index contributed by atoms with van der Waals surface area (Å²) in [6, 6.07) is 15.4. The van der Waals surface area contributed by atoms with Gasteiger partial charge < -0.3 is 0 Å². The number of rotatable bonds is 6. The molecule has 34 heavy (non-hydrogen) atoms. The van der Waals surface area contributed by atoms with Gasteiger partial charge in [0.15, 0.2) is 5.82 Å². The van der Waals surface area contributed by atoms with Crippen LogP contribution in [0.2, 0.25) is 0 Å². The van der Waals surface area contributed by atoms with Gasteiger partial charge in [-0.25, -0.2) is 15.0 Å². The van der Waals surface area contributed by atoms with Gasteiger partial charge in [-0.3, -0.25) is 0 Å². The van der Waals surface area contributed by atoms with E-state index in [0.29, 0.717) is 11.8 Å². The van der Waals surface area contributed by atoms with Gasteiger partial charge >= 0.3 is 0 Å². The molecule has 0 bridgehead atoms. The molecule has 0 N–H and O–H groups in total. The average molecular weight is 454 g/mol. The minimum Gasteiger partial charge on any atom is -0.218 e. The minimum atomic E-state index is 0.482. The molecule has 4 heteroatoms. The van der Waals surface area contributed by atoms with Crippen molar-refractivity contribution >= 4 is 10.9 Å². The molecule has 2 aromatic carbocycles. The van der Waals surface area contributed by atoms with Crippen molar-refractivity contribution in [1.29, 1.82) is 0 Å². The highest BCUT2D eigenvalue weighted by Gasteiger charge is 2.26. The summed E-state index contributed by atoms with van der Waals surface area (Å²) in [6.07, 6.45) is 1.69. The number of fused-ring (bicyclic) bond motifs is 1. The molecule has 176 valence electrons. The summed E-state index contributed by atoms with van der Waals surface area (Å²) in [5, 5.41) is 1.18. The number of aromatic nitrogens is 4. The molecule has 0 aliphatic carbocycles. The van der Waals surface area contributed by atoms with E-state index in [9.17, 15) is 0 Å². The van der Waals surface area contributed by atoms with Gasteiger partial charge in [0.1, 0.15) is 18.7 Å². The first-order valence-electron chi connectivity index (χ1n) is 12.4. The van der Waals surface area contributed by atoms with Gasteiger partial charge in [-0.2, -0.15) is 4.57 Å². The monoisotopic (exact) mass is 453 g/mol. The van der Waals surface area contributed by atoms with Crippen LogP contribution in [0.3, 0.4) is 0 Å². The maximum absolute atomic E-state index is 5.02. The molecular weight excluding hydrogens is 416 g/mol. The number of benzene rings is 2. The van der Waals surface area contributed by atoms with Gasteiger partial charge in [0.2, 0.25) is 11.2 Å². The van der Waals surface area contributed by atoms with Crippen molar-refractivity contribution in [1.82, 2.24) is 15.0 Å². The Morgan fingerprint density at radius 3 is 2.00 bits per heavy atom. The number of aryl methyl sites for hydroxylation is 3. The minimum absolute atomic E-state index is 0.482. The van der Waals surface area contributed by atoms with Gasteiger partial charge in [0, 0.05) is 24.3 Å². The molecule has 0 radical (unpaired) electrons. The molecule has 2 heterocycles. The summed E-state index contributed by atoms with van der Waals surface area (Å²) in [6.45, 7) is 15.4. The van der Waals surface area contributed by atoms with Gasteiger partial charge in [-0.05, 0) is 61.9 Å². The Balaban J connectivity index is 2.08. The highest BCUT2D eigenvalue weighted by atomic mass is 15.0. The van der Waals surface area contributed by atoms with Crippen LogP contribution in [0, 0.1) is 32.6 Å². The molecule has 2 aromatic heterocycles. The van der Waals surface area contributed by atoms with E-state index in [1.54, 1.807) is 0 Å². The Labute approximate surface area is 204 Å². The van der Waals surface area contributed by atoms with Crippen LogP contribution in [-0.2, 0) is 19.9 Å². The van der Waals surface area contributed by atoms with Crippen molar-refractivity contribution in [3.05, 3.63) is 70.8 Å². The fourth-order valence-electron chi connectivity index (χ4n) is 4.72. The van der Waals surface area contributed by atoms with Crippen molar-refractivity contribution in [3.63, 3.8) is 0 Å². The lowest BCUT2D eigenvalue weighted by Gasteiger charge is -2.15. The molecule has 4 rings (SSSR count). The van der Waals surface area contributed by atoms with E-state index in [-0.39, 0.29) is 0 Å². The third-order valence-electron chi connectivity index (χ3n) is 6.41. The third-order valence-corrected chi connectivity index (χ3v) is 6.41. The van der Waals surface area contributed by atoms with Gasteiger partial charge in [0.25, 0.3) is 0 Å². The van der Waals surface area contributed by atoms with E-state index in [1.165, 1.54) is 33.2 Å². The fourth-order valence-corrected chi connectivity index (χ4v) is 4.72. The molecule has 0 aliphatic heterocycles. The smallest absolute Gasteiger partial charge is 0.218 e. The molecule has 0 saturated heterocycles. The van der Waals surface area contributed by atoms with E-state index in [2.05, 4.69) is 103 Å². The molecule has 0 unspecified atom stereocenters. The van der Waals surface area contributed by atoms with Crippen LogP contribution >= 0.6 is 0 Å². The van der Waals surface area contributed by atoms with E-state index in [1.807, 2.05) is 0 Å². The number of hydrogen-bond acceptors (Lipinski definition) is 3. The Bertz CT molecular complexity index is 1320. The maximum Gasteiger partial charge on any atom is 0.224 e. The first-order valence-corrected chi connectivity index (χ1v) is 12.4. The van der Waals surface area contributed by atoms with Crippen molar-refractivity contribution in [2.45, 2.75) is 61.3 Å².